The zero-order valence-electron chi connectivity index (χ0n) is 36.9. The van der Waals surface area contributed by atoms with Crippen molar-refractivity contribution in [1.29, 1.82) is 0 Å². The van der Waals surface area contributed by atoms with Gasteiger partial charge in [0.05, 0.1) is 0 Å². The predicted molar refractivity (Wildman–Crippen MR) is 234 cm³/mol. The van der Waals surface area contributed by atoms with Crippen molar-refractivity contribution in [2.75, 3.05) is 0 Å². The SMILES string of the molecule is CCCCC/C=C\C/C=C\C/C=C\CCCCCCCCCCC(=O)OC1CCC2(C)C(=CCC3C2CCC2(C)C(C(C)CCC(C)C(C)C)CCC32)C1. The minimum Gasteiger partial charge on any atom is -0.462 e. The molecule has 9 atom stereocenters. The number of unbranched alkanes of at least 4 members (excludes halogenated alkanes) is 11. The Bertz CT molecular complexity index is 1190. The van der Waals surface area contributed by atoms with Gasteiger partial charge in [0.15, 0.2) is 0 Å². The van der Waals surface area contributed by atoms with Gasteiger partial charge in [-0.05, 0) is 142 Å². The van der Waals surface area contributed by atoms with E-state index >= 15 is 0 Å². The molecule has 0 aromatic heterocycles. The molecule has 0 saturated heterocycles. The highest BCUT2D eigenvalue weighted by Crippen LogP contribution is 2.67. The standard InChI is InChI=1S/C52H88O2/c1-8-9-10-11-12-13-14-15-16-17-18-19-20-21-22-23-24-25-26-27-28-29-50(53)54-45-36-38-51(6)44(40-45)32-33-46-48-35-34-47(52(48,7)39-37-49(46)51)43(5)31-30-42(4)41(2)3/h12-13,15-16,18-19,32,41-43,45-49H,8-11,14,17,20-31,33-40H2,1-7H3/b13-12-,16-15-,19-18-. The highest BCUT2D eigenvalue weighted by molar-refractivity contribution is 5.69. The molecule has 3 fully saturated rings. The molecule has 0 aliphatic heterocycles. The fourth-order valence-electron chi connectivity index (χ4n) is 11.9. The van der Waals surface area contributed by atoms with Crippen molar-refractivity contribution in [3.8, 4) is 0 Å². The molecular weight excluding hydrogens is 657 g/mol. The van der Waals surface area contributed by atoms with E-state index in [0.29, 0.717) is 17.3 Å². The Kier molecular flexibility index (Phi) is 19.7. The maximum atomic E-state index is 12.9. The van der Waals surface area contributed by atoms with Crippen LogP contribution in [0.1, 0.15) is 215 Å². The van der Waals surface area contributed by atoms with Crippen molar-refractivity contribution in [2.24, 2.45) is 52.3 Å². The van der Waals surface area contributed by atoms with E-state index in [1.165, 1.54) is 122 Å². The third-order valence-corrected chi connectivity index (χ3v) is 15.9. The summed E-state index contributed by atoms with van der Waals surface area (Å²) >= 11 is 0. The van der Waals surface area contributed by atoms with Crippen LogP contribution in [0, 0.1) is 52.3 Å². The van der Waals surface area contributed by atoms with E-state index in [1.54, 1.807) is 5.57 Å². The minimum absolute atomic E-state index is 0.0541. The zero-order valence-corrected chi connectivity index (χ0v) is 36.9. The summed E-state index contributed by atoms with van der Waals surface area (Å²) in [6.07, 6.45) is 49.0. The van der Waals surface area contributed by atoms with Crippen molar-refractivity contribution >= 4 is 5.97 Å². The van der Waals surface area contributed by atoms with Crippen LogP contribution in [0.3, 0.4) is 0 Å². The fraction of sp³-hybridized carbons (Fsp3) is 0.827. The number of hydrogen-bond acceptors (Lipinski definition) is 2. The lowest BCUT2D eigenvalue weighted by molar-refractivity contribution is -0.151. The zero-order chi connectivity index (χ0) is 38.8. The fourth-order valence-corrected chi connectivity index (χ4v) is 11.9. The summed E-state index contributed by atoms with van der Waals surface area (Å²) in [5.74, 6) is 6.06. The van der Waals surface area contributed by atoms with E-state index in [1.807, 2.05) is 0 Å². The highest BCUT2D eigenvalue weighted by atomic mass is 16.5. The molecule has 0 N–H and O–H groups in total. The first kappa shape index (κ1) is 45.1. The smallest absolute Gasteiger partial charge is 0.306 e. The largest absolute Gasteiger partial charge is 0.462 e. The molecule has 9 unspecified atom stereocenters. The molecule has 3 saturated carbocycles. The molecular formula is C52H88O2. The van der Waals surface area contributed by atoms with Gasteiger partial charge in [0, 0.05) is 12.8 Å². The van der Waals surface area contributed by atoms with Crippen molar-refractivity contribution in [3.63, 3.8) is 0 Å². The lowest BCUT2D eigenvalue weighted by Gasteiger charge is -2.58. The lowest BCUT2D eigenvalue weighted by Crippen LogP contribution is -2.51. The number of esters is 1. The molecule has 2 heteroatoms. The summed E-state index contributed by atoms with van der Waals surface area (Å²) < 4.78 is 6.15. The second-order valence-corrected chi connectivity index (χ2v) is 19.9. The van der Waals surface area contributed by atoms with E-state index in [0.717, 1.165) is 80.0 Å². The molecule has 4 aliphatic rings. The number of hydrogen-bond donors (Lipinski definition) is 0. The van der Waals surface area contributed by atoms with Crippen LogP contribution in [-0.4, -0.2) is 12.1 Å². The Labute approximate surface area is 336 Å². The second-order valence-electron chi connectivity index (χ2n) is 19.9. The van der Waals surface area contributed by atoms with Gasteiger partial charge < -0.3 is 4.74 Å². The number of allylic oxidation sites excluding steroid dienone is 7. The van der Waals surface area contributed by atoms with E-state index in [-0.39, 0.29) is 12.1 Å². The number of fused-ring (bicyclic) bond motifs is 5. The van der Waals surface area contributed by atoms with E-state index < -0.39 is 0 Å². The summed E-state index contributed by atoms with van der Waals surface area (Å²) in [7, 11) is 0. The molecule has 0 aromatic rings. The average Bonchev–Trinajstić information content (AvgIpc) is 3.51. The number of carbonyl (C=O) groups excluding carboxylic acids is 1. The Balaban J connectivity index is 1.04. The van der Waals surface area contributed by atoms with Gasteiger partial charge in [-0.1, -0.05) is 161 Å². The first-order valence-corrected chi connectivity index (χ1v) is 23.9. The number of carbonyl (C=O) groups is 1. The van der Waals surface area contributed by atoms with Crippen LogP contribution in [-0.2, 0) is 9.53 Å². The Morgan fingerprint density at radius 3 is 2.04 bits per heavy atom. The first-order valence-electron chi connectivity index (χ1n) is 23.9. The van der Waals surface area contributed by atoms with Gasteiger partial charge in [-0.25, -0.2) is 0 Å². The van der Waals surface area contributed by atoms with Crippen LogP contribution in [0.5, 0.6) is 0 Å². The Morgan fingerprint density at radius 2 is 1.37 bits per heavy atom. The molecule has 54 heavy (non-hydrogen) atoms. The molecule has 0 radical (unpaired) electrons. The number of rotatable bonds is 25. The first-order chi connectivity index (χ1) is 26.1. The molecule has 0 aromatic carbocycles. The molecule has 0 bridgehead atoms. The van der Waals surface area contributed by atoms with Crippen LogP contribution >= 0.6 is 0 Å². The van der Waals surface area contributed by atoms with Gasteiger partial charge in [0.1, 0.15) is 6.10 Å². The lowest BCUT2D eigenvalue weighted by atomic mass is 9.47. The van der Waals surface area contributed by atoms with Crippen LogP contribution in [0.15, 0.2) is 48.1 Å². The van der Waals surface area contributed by atoms with Crippen molar-refractivity contribution in [1.82, 2.24) is 0 Å². The van der Waals surface area contributed by atoms with Gasteiger partial charge in [0.25, 0.3) is 0 Å². The average molecular weight is 745 g/mol. The molecule has 4 rings (SSSR count). The predicted octanol–water partition coefficient (Wildman–Crippen LogP) is 16.1. The van der Waals surface area contributed by atoms with E-state index in [4.69, 9.17) is 4.74 Å². The van der Waals surface area contributed by atoms with Crippen LogP contribution in [0.25, 0.3) is 0 Å². The van der Waals surface area contributed by atoms with Gasteiger partial charge >= 0.3 is 5.97 Å². The molecule has 0 amide bonds. The van der Waals surface area contributed by atoms with Crippen LogP contribution in [0.4, 0.5) is 0 Å². The number of ether oxygens (including phenoxy) is 1. The molecule has 308 valence electrons. The summed E-state index contributed by atoms with van der Waals surface area (Å²) in [6.45, 7) is 17.4. The molecule has 0 heterocycles. The van der Waals surface area contributed by atoms with Gasteiger partial charge in [-0.2, -0.15) is 0 Å². The summed E-state index contributed by atoms with van der Waals surface area (Å²) in [6, 6.07) is 0. The summed E-state index contributed by atoms with van der Waals surface area (Å²) in [5, 5.41) is 0. The second kappa shape index (κ2) is 23.6. The van der Waals surface area contributed by atoms with Crippen LogP contribution < -0.4 is 0 Å². The molecule has 0 spiro atoms. The highest BCUT2D eigenvalue weighted by Gasteiger charge is 2.59. The van der Waals surface area contributed by atoms with Crippen molar-refractivity contribution in [2.45, 2.75) is 222 Å². The molecule has 2 nitrogen and oxygen atoms in total. The maximum absolute atomic E-state index is 12.9. The Morgan fingerprint density at radius 1 is 0.741 bits per heavy atom. The third-order valence-electron chi connectivity index (χ3n) is 15.9. The van der Waals surface area contributed by atoms with Crippen molar-refractivity contribution < 1.29 is 9.53 Å². The minimum atomic E-state index is 0.0541. The van der Waals surface area contributed by atoms with Crippen LogP contribution in [0.2, 0.25) is 0 Å². The Hall–Kier alpha value is -1.57. The van der Waals surface area contributed by atoms with Gasteiger partial charge in [-0.3, -0.25) is 4.79 Å². The van der Waals surface area contributed by atoms with E-state index in [9.17, 15) is 4.79 Å². The third kappa shape index (κ3) is 13.3. The normalized spacial score (nSPS) is 30.8. The monoisotopic (exact) mass is 745 g/mol. The maximum Gasteiger partial charge on any atom is 0.306 e. The van der Waals surface area contributed by atoms with Gasteiger partial charge in [-0.15, -0.1) is 0 Å². The van der Waals surface area contributed by atoms with Crippen molar-refractivity contribution in [3.05, 3.63) is 48.1 Å². The summed E-state index contributed by atoms with van der Waals surface area (Å²) in [5.41, 5.74) is 2.50. The molecule has 4 aliphatic carbocycles. The van der Waals surface area contributed by atoms with E-state index in [2.05, 4.69) is 91.0 Å². The topological polar surface area (TPSA) is 26.3 Å². The summed E-state index contributed by atoms with van der Waals surface area (Å²) in [4.78, 5) is 12.9. The quantitative estimate of drug-likeness (QED) is 0.0529. The van der Waals surface area contributed by atoms with Gasteiger partial charge in [0.2, 0.25) is 0 Å².